The van der Waals surface area contributed by atoms with Gasteiger partial charge in [-0.2, -0.15) is 0 Å². The highest BCUT2D eigenvalue weighted by Crippen LogP contribution is 2.27. The minimum atomic E-state index is -0.588. The van der Waals surface area contributed by atoms with E-state index in [1.165, 1.54) is 18.2 Å². The van der Waals surface area contributed by atoms with Crippen LogP contribution in [0.15, 0.2) is 72.9 Å². The van der Waals surface area contributed by atoms with Crippen molar-refractivity contribution in [1.82, 2.24) is 10.3 Å². The number of nitro benzene ring substituents is 1. The van der Waals surface area contributed by atoms with Gasteiger partial charge in [0.25, 0.3) is 5.69 Å². The Morgan fingerprint density at radius 3 is 2.54 bits per heavy atom. The number of halogens is 1. The molecule has 2 aromatic carbocycles. The molecular weight excluding hydrogens is 380 g/mol. The normalized spacial score (nSPS) is 11.6. The van der Waals surface area contributed by atoms with E-state index in [1.54, 1.807) is 6.20 Å². The average Bonchev–Trinajstić information content (AvgIpc) is 2.71. The Bertz CT molecular complexity index is 928. The Hall–Kier alpha value is -3.29. The fraction of sp³-hybridized carbons (Fsp3) is 0.100. The number of hydrogen-bond donors (Lipinski definition) is 2. The molecule has 8 heteroatoms. The van der Waals surface area contributed by atoms with Crippen LogP contribution in [0.1, 0.15) is 17.3 Å². The Morgan fingerprint density at radius 2 is 1.86 bits per heavy atom. The first-order valence-corrected chi connectivity index (χ1v) is 8.85. The third-order valence-corrected chi connectivity index (χ3v) is 4.25. The molecule has 1 heterocycles. The number of pyridine rings is 1. The van der Waals surface area contributed by atoms with Crippen molar-refractivity contribution in [3.63, 3.8) is 0 Å². The molecule has 0 fully saturated rings. The monoisotopic (exact) mass is 396 g/mol. The molecule has 0 bridgehead atoms. The molecule has 3 aromatic rings. The number of carbonyl (C=O) groups excluding carboxylic acids is 1. The molecule has 0 aliphatic carbocycles. The van der Waals surface area contributed by atoms with Gasteiger partial charge in [-0.15, -0.1) is 0 Å². The van der Waals surface area contributed by atoms with Crippen LogP contribution in [-0.4, -0.2) is 22.4 Å². The summed E-state index contributed by atoms with van der Waals surface area (Å²) in [6.07, 6.45) is 1.68. The number of anilines is 1. The molecule has 0 radical (unpaired) electrons. The molecule has 0 spiro atoms. The van der Waals surface area contributed by atoms with E-state index in [0.717, 1.165) is 11.3 Å². The van der Waals surface area contributed by atoms with E-state index >= 15 is 0 Å². The number of nitro groups is 1. The molecule has 7 nitrogen and oxygen atoms in total. The Kier molecular flexibility index (Phi) is 6.31. The molecule has 1 atom stereocenters. The number of rotatable bonds is 7. The predicted molar refractivity (Wildman–Crippen MR) is 107 cm³/mol. The second-order valence-corrected chi connectivity index (χ2v) is 6.38. The van der Waals surface area contributed by atoms with Gasteiger partial charge in [-0.1, -0.05) is 48.0 Å². The standard InChI is InChI=1S/C20H17ClN4O3/c21-15-9-10-16(18(12-15)25(27)28)24-19(26)13-23-20(14-6-2-1-3-7-14)17-8-4-5-11-22-17/h1-12,20,23H,13H2,(H,24,26). The summed E-state index contributed by atoms with van der Waals surface area (Å²) in [5.74, 6) is -0.415. The van der Waals surface area contributed by atoms with Crippen LogP contribution in [0.25, 0.3) is 0 Å². The van der Waals surface area contributed by atoms with Crippen LogP contribution in [0.3, 0.4) is 0 Å². The Labute approximate surface area is 166 Å². The van der Waals surface area contributed by atoms with E-state index in [9.17, 15) is 14.9 Å². The lowest BCUT2D eigenvalue weighted by Gasteiger charge is -2.18. The third kappa shape index (κ3) is 4.91. The van der Waals surface area contributed by atoms with Crippen LogP contribution in [0.5, 0.6) is 0 Å². The lowest BCUT2D eigenvalue weighted by molar-refractivity contribution is -0.383. The fourth-order valence-electron chi connectivity index (χ4n) is 2.74. The van der Waals surface area contributed by atoms with Gasteiger partial charge in [-0.3, -0.25) is 25.2 Å². The lowest BCUT2D eigenvalue weighted by Crippen LogP contribution is -2.32. The first-order chi connectivity index (χ1) is 13.5. The molecule has 1 amide bonds. The summed E-state index contributed by atoms with van der Waals surface area (Å²) in [7, 11) is 0. The van der Waals surface area contributed by atoms with E-state index in [0.29, 0.717) is 0 Å². The molecule has 3 rings (SSSR count). The van der Waals surface area contributed by atoms with E-state index in [4.69, 9.17) is 11.6 Å². The molecule has 0 aliphatic rings. The molecule has 0 saturated heterocycles. The first-order valence-electron chi connectivity index (χ1n) is 8.47. The zero-order valence-corrected chi connectivity index (χ0v) is 15.5. The summed E-state index contributed by atoms with van der Waals surface area (Å²) in [6, 6.07) is 19.0. The maximum absolute atomic E-state index is 12.4. The minimum absolute atomic E-state index is 0.0596. The topological polar surface area (TPSA) is 97.2 Å². The van der Waals surface area contributed by atoms with Crippen molar-refractivity contribution < 1.29 is 9.72 Å². The summed E-state index contributed by atoms with van der Waals surface area (Å²) >= 11 is 5.80. The van der Waals surface area contributed by atoms with Crippen molar-refractivity contribution in [1.29, 1.82) is 0 Å². The highest BCUT2D eigenvalue weighted by Gasteiger charge is 2.19. The van der Waals surface area contributed by atoms with Crippen molar-refractivity contribution in [3.8, 4) is 0 Å². The van der Waals surface area contributed by atoms with Crippen LogP contribution < -0.4 is 10.6 Å². The average molecular weight is 397 g/mol. The third-order valence-electron chi connectivity index (χ3n) is 4.01. The molecule has 2 N–H and O–H groups in total. The number of hydrogen-bond acceptors (Lipinski definition) is 5. The fourth-order valence-corrected chi connectivity index (χ4v) is 2.90. The van der Waals surface area contributed by atoms with Gasteiger partial charge in [-0.05, 0) is 29.8 Å². The lowest BCUT2D eigenvalue weighted by atomic mass is 10.0. The minimum Gasteiger partial charge on any atom is -0.319 e. The van der Waals surface area contributed by atoms with Crippen molar-refractivity contribution in [2.24, 2.45) is 0 Å². The molecular formula is C20H17ClN4O3. The van der Waals surface area contributed by atoms with Gasteiger partial charge >= 0.3 is 0 Å². The Balaban J connectivity index is 1.74. The van der Waals surface area contributed by atoms with Crippen molar-refractivity contribution in [2.45, 2.75) is 6.04 Å². The van der Waals surface area contributed by atoms with Gasteiger partial charge in [0.1, 0.15) is 5.69 Å². The van der Waals surface area contributed by atoms with Gasteiger partial charge in [0.05, 0.1) is 23.2 Å². The molecule has 1 unspecified atom stereocenters. The maximum atomic E-state index is 12.4. The van der Waals surface area contributed by atoms with Crippen molar-refractivity contribution in [3.05, 3.63) is 99.3 Å². The van der Waals surface area contributed by atoms with Crippen molar-refractivity contribution in [2.75, 3.05) is 11.9 Å². The molecule has 1 aromatic heterocycles. The van der Waals surface area contributed by atoms with Crippen molar-refractivity contribution >= 4 is 28.9 Å². The molecule has 0 aliphatic heterocycles. The number of nitrogens with one attached hydrogen (secondary N) is 2. The second-order valence-electron chi connectivity index (χ2n) is 5.95. The highest BCUT2D eigenvalue weighted by molar-refractivity contribution is 6.31. The van der Waals surface area contributed by atoms with Crippen LogP contribution >= 0.6 is 11.6 Å². The second kappa shape index (κ2) is 9.07. The van der Waals surface area contributed by atoms with Gasteiger partial charge in [0, 0.05) is 17.3 Å². The maximum Gasteiger partial charge on any atom is 0.294 e. The van der Waals surface area contributed by atoms with Crippen LogP contribution in [0.2, 0.25) is 5.02 Å². The number of amides is 1. The number of aromatic nitrogens is 1. The molecule has 28 heavy (non-hydrogen) atoms. The molecule has 142 valence electrons. The van der Waals surface area contributed by atoms with E-state index in [-0.39, 0.29) is 29.0 Å². The van der Waals surface area contributed by atoms with Crippen LogP contribution in [0, 0.1) is 10.1 Å². The number of nitrogens with zero attached hydrogens (tertiary/aromatic N) is 2. The number of carbonyl (C=O) groups is 1. The number of benzene rings is 2. The summed E-state index contributed by atoms with van der Waals surface area (Å²) in [5, 5.41) is 17.1. The largest absolute Gasteiger partial charge is 0.319 e. The van der Waals surface area contributed by atoms with Crippen LogP contribution in [-0.2, 0) is 4.79 Å². The van der Waals surface area contributed by atoms with Gasteiger partial charge in [-0.25, -0.2) is 0 Å². The first kappa shape index (κ1) is 19.5. The van der Waals surface area contributed by atoms with Gasteiger partial charge in [0.2, 0.25) is 5.91 Å². The summed E-state index contributed by atoms with van der Waals surface area (Å²) in [5.41, 5.74) is 1.55. The van der Waals surface area contributed by atoms with Gasteiger partial charge in [0.15, 0.2) is 0 Å². The van der Waals surface area contributed by atoms with Crippen LogP contribution in [0.4, 0.5) is 11.4 Å². The van der Waals surface area contributed by atoms with E-state index < -0.39 is 10.8 Å². The van der Waals surface area contributed by atoms with E-state index in [2.05, 4.69) is 15.6 Å². The smallest absolute Gasteiger partial charge is 0.294 e. The summed E-state index contributed by atoms with van der Waals surface area (Å²) in [4.78, 5) is 27.3. The SMILES string of the molecule is O=C(CNC(c1ccccc1)c1ccccn1)Nc1ccc(Cl)cc1[N+](=O)[O-]. The zero-order chi connectivity index (χ0) is 19.9. The Morgan fingerprint density at radius 1 is 1.11 bits per heavy atom. The predicted octanol–water partition coefficient (Wildman–Crippen LogP) is 3.96. The summed E-state index contributed by atoms with van der Waals surface area (Å²) < 4.78 is 0. The quantitative estimate of drug-likeness (QED) is 0.465. The zero-order valence-electron chi connectivity index (χ0n) is 14.7. The van der Waals surface area contributed by atoms with E-state index in [1.807, 2.05) is 48.5 Å². The highest BCUT2D eigenvalue weighted by atomic mass is 35.5. The molecule has 0 saturated carbocycles. The summed E-state index contributed by atoms with van der Waals surface area (Å²) in [6.45, 7) is -0.0596. The van der Waals surface area contributed by atoms with Gasteiger partial charge < -0.3 is 5.32 Å².